The second-order valence-electron chi connectivity index (χ2n) is 6.97. The van der Waals surface area contributed by atoms with Crippen molar-refractivity contribution in [1.29, 1.82) is 0 Å². The first kappa shape index (κ1) is 13.7. The third kappa shape index (κ3) is 2.61. The van der Waals surface area contributed by atoms with Crippen LogP contribution < -0.4 is 4.74 Å². The standard InChI is InChI=1S/C18H24O2/c1-13(2)10-14-6-5-9-18(11-14)12-16(19)15-7-3-4-8-17(15)20-18/h3-4,7-8,13-14H,5-6,9-12H2,1-2H3. The van der Waals surface area contributed by atoms with Gasteiger partial charge in [0.15, 0.2) is 5.78 Å². The number of benzene rings is 1. The van der Waals surface area contributed by atoms with E-state index < -0.39 is 0 Å². The van der Waals surface area contributed by atoms with Gasteiger partial charge in [0.05, 0.1) is 12.0 Å². The molecule has 1 aliphatic heterocycles. The number of ether oxygens (including phenoxy) is 1. The molecule has 0 aromatic heterocycles. The zero-order valence-electron chi connectivity index (χ0n) is 12.5. The van der Waals surface area contributed by atoms with Gasteiger partial charge < -0.3 is 4.74 Å². The van der Waals surface area contributed by atoms with Crippen molar-refractivity contribution < 1.29 is 9.53 Å². The van der Waals surface area contributed by atoms with Crippen LogP contribution in [0.2, 0.25) is 0 Å². The number of rotatable bonds is 2. The Hall–Kier alpha value is -1.31. The molecule has 1 heterocycles. The number of fused-ring (bicyclic) bond motifs is 1. The molecule has 20 heavy (non-hydrogen) atoms. The Morgan fingerprint density at radius 1 is 1.35 bits per heavy atom. The minimum Gasteiger partial charge on any atom is -0.486 e. The third-order valence-electron chi connectivity index (χ3n) is 4.71. The van der Waals surface area contributed by atoms with Gasteiger partial charge in [-0.2, -0.15) is 0 Å². The third-order valence-corrected chi connectivity index (χ3v) is 4.71. The Bertz CT molecular complexity index is 506. The highest BCUT2D eigenvalue weighted by Gasteiger charge is 2.43. The van der Waals surface area contributed by atoms with Crippen LogP contribution in [0.15, 0.2) is 24.3 Å². The molecular formula is C18H24O2. The summed E-state index contributed by atoms with van der Waals surface area (Å²) in [6, 6.07) is 7.71. The quantitative estimate of drug-likeness (QED) is 0.784. The zero-order valence-corrected chi connectivity index (χ0v) is 12.5. The van der Waals surface area contributed by atoms with Gasteiger partial charge in [0.1, 0.15) is 11.4 Å². The molecule has 108 valence electrons. The molecule has 0 saturated heterocycles. The van der Waals surface area contributed by atoms with Crippen LogP contribution in [-0.4, -0.2) is 11.4 Å². The lowest BCUT2D eigenvalue weighted by atomic mass is 9.71. The van der Waals surface area contributed by atoms with Crippen LogP contribution in [-0.2, 0) is 0 Å². The molecular weight excluding hydrogens is 248 g/mol. The van der Waals surface area contributed by atoms with Gasteiger partial charge in [-0.1, -0.05) is 32.4 Å². The monoisotopic (exact) mass is 272 g/mol. The normalized spacial score (nSPS) is 29.4. The van der Waals surface area contributed by atoms with E-state index in [4.69, 9.17) is 4.74 Å². The first-order chi connectivity index (χ1) is 9.58. The van der Waals surface area contributed by atoms with Gasteiger partial charge in [0, 0.05) is 0 Å². The predicted molar refractivity (Wildman–Crippen MR) is 80.2 cm³/mol. The predicted octanol–water partition coefficient (Wildman–Crippen LogP) is 4.63. The van der Waals surface area contributed by atoms with Crippen molar-refractivity contribution >= 4 is 5.78 Å². The molecule has 0 amide bonds. The van der Waals surface area contributed by atoms with Crippen molar-refractivity contribution in [2.75, 3.05) is 0 Å². The van der Waals surface area contributed by atoms with Gasteiger partial charge in [-0.05, 0) is 49.7 Å². The first-order valence-corrected chi connectivity index (χ1v) is 7.89. The van der Waals surface area contributed by atoms with Gasteiger partial charge in [-0.3, -0.25) is 4.79 Å². The van der Waals surface area contributed by atoms with E-state index in [9.17, 15) is 4.79 Å². The lowest BCUT2D eigenvalue weighted by molar-refractivity contribution is -0.00684. The van der Waals surface area contributed by atoms with Crippen LogP contribution >= 0.6 is 0 Å². The number of carbonyl (C=O) groups excluding carboxylic acids is 1. The highest BCUT2D eigenvalue weighted by Crippen LogP contribution is 2.44. The minimum atomic E-state index is -0.219. The van der Waals surface area contributed by atoms with Crippen LogP contribution in [0.4, 0.5) is 0 Å². The van der Waals surface area contributed by atoms with Gasteiger partial charge >= 0.3 is 0 Å². The Kier molecular flexibility index (Phi) is 3.57. The molecule has 2 heteroatoms. The Morgan fingerprint density at radius 2 is 2.15 bits per heavy atom. The van der Waals surface area contributed by atoms with E-state index in [1.807, 2.05) is 24.3 Å². The highest BCUT2D eigenvalue weighted by molar-refractivity contribution is 6.00. The topological polar surface area (TPSA) is 26.3 Å². The van der Waals surface area contributed by atoms with E-state index in [1.54, 1.807) is 0 Å². The number of hydrogen-bond acceptors (Lipinski definition) is 2. The summed E-state index contributed by atoms with van der Waals surface area (Å²) in [6.45, 7) is 4.56. The molecule has 0 radical (unpaired) electrons. The maximum Gasteiger partial charge on any atom is 0.170 e. The molecule has 1 aliphatic carbocycles. The molecule has 0 bridgehead atoms. The summed E-state index contributed by atoms with van der Waals surface area (Å²) in [5, 5.41) is 0. The van der Waals surface area contributed by atoms with E-state index in [0.717, 1.165) is 30.1 Å². The van der Waals surface area contributed by atoms with Crippen molar-refractivity contribution in [1.82, 2.24) is 0 Å². The number of para-hydroxylation sites is 1. The summed E-state index contributed by atoms with van der Waals surface area (Å²) in [7, 11) is 0. The minimum absolute atomic E-state index is 0.219. The fourth-order valence-corrected chi connectivity index (χ4v) is 4.01. The lowest BCUT2D eigenvalue weighted by Crippen LogP contribution is -2.46. The second kappa shape index (κ2) is 5.23. The average Bonchev–Trinajstić information content (AvgIpc) is 2.38. The molecule has 2 atom stereocenters. The van der Waals surface area contributed by atoms with Crippen molar-refractivity contribution in [3.8, 4) is 5.75 Å². The number of Topliss-reactive ketones (excluding diaryl/α,β-unsaturated/α-hetero) is 1. The second-order valence-corrected chi connectivity index (χ2v) is 6.97. The number of hydrogen-bond donors (Lipinski definition) is 0. The Morgan fingerprint density at radius 3 is 2.95 bits per heavy atom. The lowest BCUT2D eigenvalue weighted by Gasteiger charge is -2.43. The molecule has 2 nitrogen and oxygen atoms in total. The SMILES string of the molecule is CC(C)CC1CCCC2(CC(=O)c3ccccc3O2)C1. The van der Waals surface area contributed by atoms with E-state index in [-0.39, 0.29) is 11.4 Å². The molecule has 1 saturated carbocycles. The molecule has 2 unspecified atom stereocenters. The van der Waals surface area contributed by atoms with E-state index in [2.05, 4.69) is 13.8 Å². The fraction of sp³-hybridized carbons (Fsp3) is 0.611. The number of carbonyl (C=O) groups is 1. The summed E-state index contributed by atoms with van der Waals surface area (Å²) in [5.41, 5.74) is 0.549. The molecule has 1 aromatic rings. The summed E-state index contributed by atoms with van der Waals surface area (Å²) >= 11 is 0. The van der Waals surface area contributed by atoms with Crippen LogP contribution in [0.1, 0.15) is 62.7 Å². The van der Waals surface area contributed by atoms with Gasteiger partial charge in [0.25, 0.3) is 0 Å². The van der Waals surface area contributed by atoms with Crippen LogP contribution in [0.25, 0.3) is 0 Å². The summed E-state index contributed by atoms with van der Waals surface area (Å²) < 4.78 is 6.32. The summed E-state index contributed by atoms with van der Waals surface area (Å²) in [5.74, 6) is 2.49. The molecule has 1 spiro atoms. The van der Waals surface area contributed by atoms with Crippen LogP contribution in [0.5, 0.6) is 5.75 Å². The van der Waals surface area contributed by atoms with E-state index in [1.165, 1.54) is 19.3 Å². The molecule has 2 aliphatic rings. The van der Waals surface area contributed by atoms with E-state index >= 15 is 0 Å². The van der Waals surface area contributed by atoms with Crippen LogP contribution in [0.3, 0.4) is 0 Å². The Balaban J connectivity index is 1.82. The Labute approximate surface area is 121 Å². The van der Waals surface area contributed by atoms with Crippen molar-refractivity contribution in [2.24, 2.45) is 11.8 Å². The molecule has 3 rings (SSSR count). The van der Waals surface area contributed by atoms with Crippen molar-refractivity contribution in [3.05, 3.63) is 29.8 Å². The van der Waals surface area contributed by atoms with Crippen molar-refractivity contribution in [3.63, 3.8) is 0 Å². The summed E-state index contributed by atoms with van der Waals surface area (Å²) in [4.78, 5) is 12.4. The van der Waals surface area contributed by atoms with Gasteiger partial charge in [-0.25, -0.2) is 0 Å². The average molecular weight is 272 g/mol. The zero-order chi connectivity index (χ0) is 14.2. The maximum atomic E-state index is 12.4. The van der Waals surface area contributed by atoms with E-state index in [0.29, 0.717) is 12.3 Å². The molecule has 1 fully saturated rings. The van der Waals surface area contributed by atoms with Crippen LogP contribution in [0, 0.1) is 11.8 Å². The molecule has 1 aromatic carbocycles. The molecule has 0 N–H and O–H groups in total. The van der Waals surface area contributed by atoms with Gasteiger partial charge in [0.2, 0.25) is 0 Å². The fourth-order valence-electron chi connectivity index (χ4n) is 4.01. The maximum absolute atomic E-state index is 12.4. The number of ketones is 1. The van der Waals surface area contributed by atoms with Gasteiger partial charge in [-0.15, -0.1) is 0 Å². The smallest absolute Gasteiger partial charge is 0.170 e. The first-order valence-electron chi connectivity index (χ1n) is 7.89. The summed E-state index contributed by atoms with van der Waals surface area (Å²) in [6.07, 6.45) is 6.37. The largest absolute Gasteiger partial charge is 0.486 e. The van der Waals surface area contributed by atoms with Crippen molar-refractivity contribution in [2.45, 2.75) is 58.0 Å². The highest BCUT2D eigenvalue weighted by atomic mass is 16.5.